The van der Waals surface area contributed by atoms with E-state index in [1.807, 2.05) is 39.8 Å². The number of aliphatic hydroxyl groups excluding tert-OH is 2. The molecule has 1 saturated carbocycles. The fourth-order valence-corrected chi connectivity index (χ4v) is 3.58. The van der Waals surface area contributed by atoms with Gasteiger partial charge in [0.2, 0.25) is 0 Å². The number of carbonyl (C=O) groups excluding carboxylic acids is 1. The van der Waals surface area contributed by atoms with E-state index in [0.29, 0.717) is 19.3 Å². The number of carbonyl (C=O) groups is 1. The Bertz CT molecular complexity index is 590. The Hall–Kier alpha value is -1.46. The third-order valence-corrected chi connectivity index (χ3v) is 5.78. The number of halogens is 1. The quantitative estimate of drug-likeness (QED) is 0.288. The molecule has 0 aliphatic heterocycles. The molecule has 1 aliphatic carbocycles. The second-order valence-electron chi connectivity index (χ2n) is 9.04. The fraction of sp³-hybridized carbons (Fsp3) is 0.708. The summed E-state index contributed by atoms with van der Waals surface area (Å²) in [4.78, 5) is 11.1. The summed E-state index contributed by atoms with van der Waals surface area (Å²) in [6, 6.07) is 0. The molecule has 0 bridgehead atoms. The lowest BCUT2D eigenvalue weighted by atomic mass is 9.81. The van der Waals surface area contributed by atoms with Crippen LogP contribution in [-0.4, -0.2) is 41.7 Å². The van der Waals surface area contributed by atoms with Gasteiger partial charge in [0, 0.05) is 24.7 Å². The molecule has 2 N–H and O–H groups in total. The van der Waals surface area contributed by atoms with Crippen LogP contribution < -0.4 is 0 Å². The summed E-state index contributed by atoms with van der Waals surface area (Å²) < 4.78 is 19.0. The van der Waals surface area contributed by atoms with Crippen LogP contribution in [0.15, 0.2) is 36.0 Å². The second-order valence-corrected chi connectivity index (χ2v) is 9.04. The van der Waals surface area contributed by atoms with E-state index in [2.05, 4.69) is 10.8 Å². The smallest absolute Gasteiger partial charge is 0.305 e. The summed E-state index contributed by atoms with van der Waals surface area (Å²) in [6.07, 6.45) is 10.3. The van der Waals surface area contributed by atoms with Gasteiger partial charge >= 0.3 is 5.97 Å². The Balaban J connectivity index is 2.64. The van der Waals surface area contributed by atoms with Crippen molar-refractivity contribution in [2.45, 2.75) is 84.6 Å². The molecule has 1 fully saturated rings. The maximum atomic E-state index is 14.4. The summed E-state index contributed by atoms with van der Waals surface area (Å²) in [6.45, 7) is 8.06. The van der Waals surface area contributed by atoms with E-state index in [9.17, 15) is 19.4 Å². The normalized spacial score (nSPS) is 26.2. The minimum atomic E-state index is -1.06. The predicted octanol–water partition coefficient (Wildman–Crippen LogP) is 4.91. The lowest BCUT2D eigenvalue weighted by Gasteiger charge is -2.28. The van der Waals surface area contributed by atoms with E-state index < -0.39 is 18.4 Å². The molecule has 5 heteroatoms. The van der Waals surface area contributed by atoms with Gasteiger partial charge in [0.05, 0.1) is 19.3 Å². The number of ether oxygens (including phenoxy) is 1. The Labute approximate surface area is 175 Å². The molecule has 0 aromatic carbocycles. The minimum Gasteiger partial charge on any atom is -0.469 e. The first-order valence-electron chi connectivity index (χ1n) is 10.6. The molecule has 0 aromatic rings. The third kappa shape index (κ3) is 8.83. The van der Waals surface area contributed by atoms with Crippen molar-refractivity contribution < 1.29 is 24.1 Å². The van der Waals surface area contributed by atoms with Crippen LogP contribution in [0.4, 0.5) is 4.39 Å². The first kappa shape index (κ1) is 25.6. The molecule has 4 nitrogen and oxygen atoms in total. The second kappa shape index (κ2) is 12.3. The van der Waals surface area contributed by atoms with Crippen LogP contribution in [-0.2, 0) is 9.53 Å². The molecule has 0 radical (unpaired) electrons. The van der Waals surface area contributed by atoms with Crippen molar-refractivity contribution >= 4 is 5.97 Å². The number of allylic oxidation sites excluding steroid dienone is 4. The molecule has 166 valence electrons. The SMILES string of the molecule is COC(=O)CCCC=CC[C@@H]1[C@@H](C=C[C@@H](O)C(C)(C)CC=C(C)C)[C@H](O)C[C@H]1F. The summed E-state index contributed by atoms with van der Waals surface area (Å²) in [5, 5.41) is 20.9. The van der Waals surface area contributed by atoms with Gasteiger partial charge in [-0.05, 0) is 44.9 Å². The van der Waals surface area contributed by atoms with Crippen molar-refractivity contribution in [3.05, 3.63) is 36.0 Å². The van der Waals surface area contributed by atoms with Crippen molar-refractivity contribution in [2.24, 2.45) is 17.3 Å². The molecular formula is C24H39FO4. The van der Waals surface area contributed by atoms with Gasteiger partial charge in [-0.3, -0.25) is 4.79 Å². The summed E-state index contributed by atoms with van der Waals surface area (Å²) >= 11 is 0. The van der Waals surface area contributed by atoms with Gasteiger partial charge in [0.15, 0.2) is 0 Å². The number of rotatable bonds is 11. The number of unbranched alkanes of at least 4 members (excludes halogenated alkanes) is 1. The number of esters is 1. The van der Waals surface area contributed by atoms with Gasteiger partial charge in [-0.1, -0.05) is 49.8 Å². The van der Waals surface area contributed by atoms with Crippen molar-refractivity contribution in [2.75, 3.05) is 7.11 Å². The molecule has 1 aliphatic rings. The van der Waals surface area contributed by atoms with Crippen molar-refractivity contribution in [3.8, 4) is 0 Å². The van der Waals surface area contributed by atoms with E-state index >= 15 is 0 Å². The third-order valence-electron chi connectivity index (χ3n) is 5.78. The van der Waals surface area contributed by atoms with Crippen LogP contribution in [0, 0.1) is 17.3 Å². The van der Waals surface area contributed by atoms with Gasteiger partial charge in [-0.25, -0.2) is 4.39 Å². The molecule has 29 heavy (non-hydrogen) atoms. The van der Waals surface area contributed by atoms with Crippen molar-refractivity contribution in [1.29, 1.82) is 0 Å². The molecule has 5 atom stereocenters. The Morgan fingerprint density at radius 3 is 2.62 bits per heavy atom. The largest absolute Gasteiger partial charge is 0.469 e. The van der Waals surface area contributed by atoms with Gasteiger partial charge in [0.1, 0.15) is 6.17 Å². The maximum Gasteiger partial charge on any atom is 0.305 e. The highest BCUT2D eigenvalue weighted by atomic mass is 19.1. The summed E-state index contributed by atoms with van der Waals surface area (Å²) in [5.41, 5.74) is 0.876. The van der Waals surface area contributed by atoms with Crippen molar-refractivity contribution in [3.63, 3.8) is 0 Å². The van der Waals surface area contributed by atoms with Crippen LogP contribution in [0.5, 0.6) is 0 Å². The minimum absolute atomic E-state index is 0.132. The zero-order valence-corrected chi connectivity index (χ0v) is 18.6. The van der Waals surface area contributed by atoms with Crippen molar-refractivity contribution in [1.82, 2.24) is 0 Å². The topological polar surface area (TPSA) is 66.8 Å². The average Bonchev–Trinajstić information content (AvgIpc) is 2.93. The number of hydrogen-bond acceptors (Lipinski definition) is 4. The van der Waals surface area contributed by atoms with Crippen LogP contribution in [0.3, 0.4) is 0 Å². The van der Waals surface area contributed by atoms with E-state index in [0.717, 1.165) is 12.8 Å². The molecule has 1 rings (SSSR count). The Morgan fingerprint density at radius 1 is 1.31 bits per heavy atom. The van der Waals surface area contributed by atoms with E-state index in [1.54, 1.807) is 12.2 Å². The molecule has 0 unspecified atom stereocenters. The predicted molar refractivity (Wildman–Crippen MR) is 115 cm³/mol. The monoisotopic (exact) mass is 410 g/mol. The lowest BCUT2D eigenvalue weighted by Crippen LogP contribution is -2.28. The Morgan fingerprint density at radius 2 is 2.00 bits per heavy atom. The zero-order chi connectivity index (χ0) is 22.0. The molecule has 0 amide bonds. The maximum absolute atomic E-state index is 14.4. The van der Waals surface area contributed by atoms with Gasteiger partial charge < -0.3 is 14.9 Å². The van der Waals surface area contributed by atoms with E-state index in [1.165, 1.54) is 12.7 Å². The van der Waals surface area contributed by atoms with Crippen LogP contribution >= 0.6 is 0 Å². The number of aliphatic hydroxyl groups is 2. The van der Waals surface area contributed by atoms with Crippen LogP contribution in [0.1, 0.15) is 66.2 Å². The molecule has 0 spiro atoms. The number of hydrogen-bond donors (Lipinski definition) is 2. The number of alkyl halides is 1. The number of methoxy groups -OCH3 is 1. The van der Waals surface area contributed by atoms with Gasteiger partial charge in [0.25, 0.3) is 0 Å². The average molecular weight is 411 g/mol. The van der Waals surface area contributed by atoms with Crippen LogP contribution in [0.2, 0.25) is 0 Å². The molecule has 0 aromatic heterocycles. The summed E-state index contributed by atoms with van der Waals surface area (Å²) in [5.74, 6) is -0.831. The summed E-state index contributed by atoms with van der Waals surface area (Å²) in [7, 11) is 1.37. The first-order chi connectivity index (χ1) is 13.6. The first-order valence-corrected chi connectivity index (χ1v) is 10.6. The Kier molecular flexibility index (Phi) is 10.8. The molecule has 0 saturated heterocycles. The highest BCUT2D eigenvalue weighted by Gasteiger charge is 2.41. The van der Waals surface area contributed by atoms with Crippen LogP contribution in [0.25, 0.3) is 0 Å². The van der Waals surface area contributed by atoms with Gasteiger partial charge in [-0.15, -0.1) is 0 Å². The van der Waals surface area contributed by atoms with E-state index in [4.69, 9.17) is 0 Å². The highest BCUT2D eigenvalue weighted by Crippen LogP contribution is 2.39. The zero-order valence-electron chi connectivity index (χ0n) is 18.6. The molecular weight excluding hydrogens is 371 g/mol. The van der Waals surface area contributed by atoms with Gasteiger partial charge in [-0.2, -0.15) is 0 Å². The lowest BCUT2D eigenvalue weighted by molar-refractivity contribution is -0.140. The van der Waals surface area contributed by atoms with E-state index in [-0.39, 0.29) is 29.6 Å². The standard InChI is InChI=1S/C24H39FO4/c1-17(2)14-15-24(3,4)22(27)13-12-19-18(20(25)16-21(19)26)10-8-6-7-9-11-23(28)29-5/h6,8,12-14,18-22,26-27H,7,9-11,15-16H2,1-5H3/t18-,19-,20-,21-,22-/m1/s1. The molecule has 0 heterocycles. The fourth-order valence-electron chi connectivity index (χ4n) is 3.58. The highest BCUT2D eigenvalue weighted by molar-refractivity contribution is 5.69.